The summed E-state index contributed by atoms with van der Waals surface area (Å²) >= 11 is 0. The van der Waals surface area contributed by atoms with Crippen molar-refractivity contribution in [2.75, 3.05) is 47.1 Å². The minimum atomic E-state index is 0. The molecule has 2 aliphatic heterocycles. The van der Waals surface area contributed by atoms with E-state index in [1.165, 1.54) is 12.8 Å². The van der Waals surface area contributed by atoms with Crippen molar-refractivity contribution < 1.29 is 14.3 Å². The first-order chi connectivity index (χ1) is 13.6. The highest BCUT2D eigenvalue weighted by Gasteiger charge is 2.23. The van der Waals surface area contributed by atoms with Crippen molar-refractivity contribution in [2.24, 2.45) is 4.99 Å². The van der Waals surface area contributed by atoms with Gasteiger partial charge in [0.25, 0.3) is 0 Å². The molecule has 1 fully saturated rings. The Labute approximate surface area is 190 Å². The molecule has 2 heterocycles. The van der Waals surface area contributed by atoms with Gasteiger partial charge in [-0.15, -0.1) is 24.0 Å². The first-order valence-corrected chi connectivity index (χ1v) is 9.91. The number of ether oxygens (including phenoxy) is 2. The molecule has 0 aromatic heterocycles. The van der Waals surface area contributed by atoms with Gasteiger partial charge in [-0.1, -0.05) is 13.0 Å². The van der Waals surface area contributed by atoms with Crippen molar-refractivity contribution in [1.29, 1.82) is 0 Å². The number of nitrogens with zero attached hydrogens (tertiary/aromatic N) is 3. The second-order valence-corrected chi connectivity index (χ2v) is 7.30. The summed E-state index contributed by atoms with van der Waals surface area (Å²) in [6.45, 7) is 6.18. The van der Waals surface area contributed by atoms with Crippen molar-refractivity contribution >= 4 is 35.8 Å². The highest BCUT2D eigenvalue weighted by atomic mass is 127. The lowest BCUT2D eigenvalue weighted by Gasteiger charge is -2.24. The van der Waals surface area contributed by atoms with Gasteiger partial charge in [0.1, 0.15) is 0 Å². The first-order valence-electron chi connectivity index (χ1n) is 9.91. The van der Waals surface area contributed by atoms with Crippen LogP contribution in [-0.2, 0) is 11.3 Å². The SMILES string of the molecule is CCN1CCCC1CNC(=NCc1ccc2c(c1)OCO2)NCC(=O)N(C)C.I. The van der Waals surface area contributed by atoms with Crippen LogP contribution in [0.1, 0.15) is 25.3 Å². The third-order valence-corrected chi connectivity index (χ3v) is 5.17. The summed E-state index contributed by atoms with van der Waals surface area (Å²) in [5.41, 5.74) is 1.03. The second-order valence-electron chi connectivity index (χ2n) is 7.30. The highest BCUT2D eigenvalue weighted by molar-refractivity contribution is 14.0. The number of benzene rings is 1. The number of carbonyl (C=O) groups excluding carboxylic acids is 1. The molecular formula is C20H32IN5O3. The Morgan fingerprint density at radius 2 is 2.07 bits per heavy atom. The molecule has 1 aromatic carbocycles. The minimum Gasteiger partial charge on any atom is -0.454 e. The lowest BCUT2D eigenvalue weighted by molar-refractivity contribution is -0.127. The number of rotatable bonds is 7. The molecule has 0 saturated carbocycles. The predicted octanol–water partition coefficient (Wildman–Crippen LogP) is 1.64. The molecule has 162 valence electrons. The molecule has 0 aliphatic carbocycles. The number of hydrogen-bond donors (Lipinski definition) is 2. The zero-order valence-electron chi connectivity index (χ0n) is 17.4. The number of amides is 1. The van der Waals surface area contributed by atoms with Crippen LogP contribution < -0.4 is 20.1 Å². The predicted molar refractivity (Wildman–Crippen MR) is 124 cm³/mol. The van der Waals surface area contributed by atoms with E-state index in [9.17, 15) is 4.79 Å². The zero-order valence-corrected chi connectivity index (χ0v) is 19.8. The first kappa shape index (κ1) is 23.5. The number of nitrogens with one attached hydrogen (secondary N) is 2. The number of halogens is 1. The molecule has 0 bridgehead atoms. The maximum atomic E-state index is 12.0. The summed E-state index contributed by atoms with van der Waals surface area (Å²) in [7, 11) is 3.50. The normalized spacial score (nSPS) is 18.3. The van der Waals surface area contributed by atoms with Crippen LogP contribution in [0, 0.1) is 0 Å². The molecule has 0 spiro atoms. The fourth-order valence-corrected chi connectivity index (χ4v) is 3.46. The molecule has 9 heteroatoms. The number of likely N-dealkylation sites (tertiary alicyclic amines) is 1. The van der Waals surface area contributed by atoms with Crippen molar-refractivity contribution in [3.63, 3.8) is 0 Å². The van der Waals surface area contributed by atoms with E-state index in [4.69, 9.17) is 9.47 Å². The monoisotopic (exact) mass is 517 g/mol. The number of fused-ring (bicyclic) bond motifs is 1. The Bertz CT molecular complexity index is 713. The van der Waals surface area contributed by atoms with Gasteiger partial charge in [0.05, 0.1) is 13.1 Å². The summed E-state index contributed by atoms with van der Waals surface area (Å²) < 4.78 is 10.8. The molecule has 1 saturated heterocycles. The van der Waals surface area contributed by atoms with Gasteiger partial charge in [-0.05, 0) is 43.6 Å². The van der Waals surface area contributed by atoms with Gasteiger partial charge in [0.15, 0.2) is 17.5 Å². The van der Waals surface area contributed by atoms with Crippen LogP contribution in [0.25, 0.3) is 0 Å². The van der Waals surface area contributed by atoms with Gasteiger partial charge in [0.2, 0.25) is 12.7 Å². The van der Waals surface area contributed by atoms with Crippen LogP contribution in [-0.4, -0.2) is 74.8 Å². The molecule has 1 aromatic rings. The Kier molecular flexibility index (Phi) is 9.28. The van der Waals surface area contributed by atoms with Crippen LogP contribution >= 0.6 is 24.0 Å². The molecule has 3 rings (SSSR count). The zero-order chi connectivity index (χ0) is 19.9. The molecule has 1 unspecified atom stereocenters. The van der Waals surface area contributed by atoms with Gasteiger partial charge in [-0.25, -0.2) is 4.99 Å². The smallest absolute Gasteiger partial charge is 0.241 e. The van der Waals surface area contributed by atoms with Crippen LogP contribution in [0.4, 0.5) is 0 Å². The summed E-state index contributed by atoms with van der Waals surface area (Å²) in [4.78, 5) is 20.7. The van der Waals surface area contributed by atoms with Gasteiger partial charge in [-0.3, -0.25) is 9.69 Å². The maximum absolute atomic E-state index is 12.0. The van der Waals surface area contributed by atoms with Gasteiger partial charge in [-0.2, -0.15) is 0 Å². The Morgan fingerprint density at radius 1 is 1.28 bits per heavy atom. The average molecular weight is 517 g/mol. The molecule has 8 nitrogen and oxygen atoms in total. The van der Waals surface area contributed by atoms with E-state index in [0.717, 1.165) is 36.7 Å². The van der Waals surface area contributed by atoms with Crippen LogP contribution in [0.3, 0.4) is 0 Å². The van der Waals surface area contributed by atoms with E-state index in [1.54, 1.807) is 19.0 Å². The Morgan fingerprint density at radius 3 is 2.83 bits per heavy atom. The molecule has 0 radical (unpaired) electrons. The minimum absolute atomic E-state index is 0. The molecule has 2 aliphatic rings. The Balaban J connectivity index is 0.00000300. The lowest BCUT2D eigenvalue weighted by Crippen LogP contribution is -2.47. The average Bonchev–Trinajstić information content (AvgIpc) is 3.35. The van der Waals surface area contributed by atoms with E-state index in [0.29, 0.717) is 18.5 Å². The number of carbonyl (C=O) groups is 1. The number of likely N-dealkylation sites (N-methyl/N-ethyl adjacent to an activating group) is 2. The van der Waals surface area contributed by atoms with Gasteiger partial charge >= 0.3 is 0 Å². The third kappa shape index (κ3) is 6.63. The van der Waals surface area contributed by atoms with Gasteiger partial charge < -0.3 is 25.0 Å². The second kappa shape index (κ2) is 11.4. The Hall–Kier alpha value is -1.75. The molecule has 2 N–H and O–H groups in total. The van der Waals surface area contributed by atoms with Crippen LogP contribution in [0.2, 0.25) is 0 Å². The van der Waals surface area contributed by atoms with E-state index in [-0.39, 0.29) is 43.2 Å². The van der Waals surface area contributed by atoms with Crippen molar-refractivity contribution in [2.45, 2.75) is 32.4 Å². The number of aliphatic imine (C=N–C) groups is 1. The van der Waals surface area contributed by atoms with Crippen LogP contribution in [0.15, 0.2) is 23.2 Å². The van der Waals surface area contributed by atoms with Crippen molar-refractivity contribution in [3.8, 4) is 11.5 Å². The van der Waals surface area contributed by atoms with Gasteiger partial charge in [0, 0.05) is 26.7 Å². The summed E-state index contributed by atoms with van der Waals surface area (Å²) in [5.74, 6) is 2.17. The summed E-state index contributed by atoms with van der Waals surface area (Å²) in [5, 5.41) is 6.57. The summed E-state index contributed by atoms with van der Waals surface area (Å²) in [6.07, 6.45) is 2.42. The topological polar surface area (TPSA) is 78.4 Å². The highest BCUT2D eigenvalue weighted by Crippen LogP contribution is 2.32. The third-order valence-electron chi connectivity index (χ3n) is 5.17. The largest absolute Gasteiger partial charge is 0.454 e. The standard InChI is InChI=1S/C20H31N5O3.HI/c1-4-25-9-5-6-16(25)12-22-20(23-13-19(26)24(2)3)21-11-15-7-8-17-18(10-15)28-14-27-17;/h7-8,10,16H,4-6,9,11-14H2,1-3H3,(H2,21,22,23);1H. The lowest BCUT2D eigenvalue weighted by atomic mass is 10.2. The van der Waals surface area contributed by atoms with E-state index in [1.807, 2.05) is 18.2 Å². The number of guanidine groups is 1. The van der Waals surface area contributed by atoms with E-state index in [2.05, 4.69) is 27.4 Å². The fraction of sp³-hybridized carbons (Fsp3) is 0.600. The van der Waals surface area contributed by atoms with Crippen molar-refractivity contribution in [3.05, 3.63) is 23.8 Å². The fourth-order valence-electron chi connectivity index (χ4n) is 3.46. The molecular weight excluding hydrogens is 485 g/mol. The summed E-state index contributed by atoms with van der Waals surface area (Å²) in [6, 6.07) is 6.34. The molecule has 1 atom stereocenters. The quantitative estimate of drug-likeness (QED) is 0.326. The van der Waals surface area contributed by atoms with E-state index >= 15 is 0 Å². The number of hydrogen-bond acceptors (Lipinski definition) is 5. The van der Waals surface area contributed by atoms with E-state index < -0.39 is 0 Å². The molecule has 29 heavy (non-hydrogen) atoms. The van der Waals surface area contributed by atoms with Crippen molar-refractivity contribution in [1.82, 2.24) is 20.4 Å². The molecule has 1 amide bonds. The van der Waals surface area contributed by atoms with Crippen LogP contribution in [0.5, 0.6) is 11.5 Å². The maximum Gasteiger partial charge on any atom is 0.241 e.